The van der Waals surface area contributed by atoms with Gasteiger partial charge in [-0.15, -0.1) is 0 Å². The van der Waals surface area contributed by atoms with Crippen molar-refractivity contribution in [1.82, 2.24) is 15.1 Å². The summed E-state index contributed by atoms with van der Waals surface area (Å²) in [6.45, 7) is 5.68. The molecule has 0 spiro atoms. The lowest BCUT2D eigenvalue weighted by Crippen LogP contribution is -2.45. The molecule has 1 N–H and O–H groups in total. The number of nitrogens with one attached hydrogen (secondary N) is 1. The summed E-state index contributed by atoms with van der Waals surface area (Å²) in [6, 6.07) is 1.40. The van der Waals surface area contributed by atoms with Crippen LogP contribution in [0.15, 0.2) is 6.07 Å². The van der Waals surface area contributed by atoms with E-state index in [9.17, 15) is 9.59 Å². The average molecular weight is 321 g/mol. The molecule has 0 unspecified atom stereocenters. The molecule has 1 heterocycles. The number of aryl methyl sites for hydroxylation is 2. The van der Waals surface area contributed by atoms with E-state index >= 15 is 0 Å². The number of ether oxygens (including phenoxy) is 1. The minimum atomic E-state index is -0.398. The minimum Gasteiger partial charge on any atom is -0.469 e. The van der Waals surface area contributed by atoms with Crippen molar-refractivity contribution in [2.45, 2.75) is 65.0 Å². The van der Waals surface area contributed by atoms with E-state index in [1.165, 1.54) is 7.11 Å². The van der Waals surface area contributed by atoms with E-state index in [4.69, 9.17) is 4.74 Å². The Bertz CT molecular complexity index is 567. The number of hydrogen-bond acceptors (Lipinski definition) is 4. The van der Waals surface area contributed by atoms with Crippen LogP contribution < -0.4 is 5.32 Å². The first-order chi connectivity index (χ1) is 10.9. The van der Waals surface area contributed by atoms with Crippen molar-refractivity contribution >= 4 is 11.9 Å². The highest BCUT2D eigenvalue weighted by Crippen LogP contribution is 2.25. The first-order valence-corrected chi connectivity index (χ1v) is 8.35. The molecule has 6 nitrogen and oxygen atoms in total. The van der Waals surface area contributed by atoms with Gasteiger partial charge in [-0.2, -0.15) is 5.10 Å². The normalized spacial score (nSPS) is 23.0. The molecule has 1 aliphatic rings. The average Bonchev–Trinajstić information content (AvgIpc) is 2.73. The zero-order valence-corrected chi connectivity index (χ0v) is 14.5. The highest BCUT2D eigenvalue weighted by molar-refractivity contribution is 5.81. The van der Waals surface area contributed by atoms with Crippen molar-refractivity contribution in [3.63, 3.8) is 0 Å². The maximum Gasteiger partial charge on any atom is 0.310 e. The Morgan fingerprint density at radius 1 is 1.30 bits per heavy atom. The molecule has 2 rings (SSSR count). The maximum absolute atomic E-state index is 12.6. The second kappa shape index (κ2) is 7.62. The predicted molar refractivity (Wildman–Crippen MR) is 86.9 cm³/mol. The van der Waals surface area contributed by atoms with Crippen molar-refractivity contribution in [2.75, 3.05) is 7.11 Å². The summed E-state index contributed by atoms with van der Waals surface area (Å²) in [6.07, 6.45) is 4.69. The number of carbonyl (C=O) groups excluding carboxylic acids is 2. The third-order valence-electron chi connectivity index (χ3n) is 4.64. The van der Waals surface area contributed by atoms with Crippen molar-refractivity contribution in [2.24, 2.45) is 5.92 Å². The third kappa shape index (κ3) is 4.12. The lowest BCUT2D eigenvalue weighted by atomic mass is 9.94. The molecule has 1 aliphatic carbocycles. The van der Waals surface area contributed by atoms with Crippen LogP contribution in [-0.4, -0.2) is 34.8 Å². The first-order valence-electron chi connectivity index (χ1n) is 8.35. The Balaban J connectivity index is 2.09. The third-order valence-corrected chi connectivity index (χ3v) is 4.64. The van der Waals surface area contributed by atoms with E-state index < -0.39 is 6.04 Å². The van der Waals surface area contributed by atoms with E-state index in [1.807, 2.05) is 26.8 Å². The van der Waals surface area contributed by atoms with Crippen molar-refractivity contribution in [3.8, 4) is 0 Å². The molecular weight excluding hydrogens is 294 g/mol. The van der Waals surface area contributed by atoms with Crippen molar-refractivity contribution < 1.29 is 14.3 Å². The molecule has 1 aromatic heterocycles. The Morgan fingerprint density at radius 3 is 2.61 bits per heavy atom. The van der Waals surface area contributed by atoms with Gasteiger partial charge in [0.2, 0.25) is 5.91 Å². The fourth-order valence-electron chi connectivity index (χ4n) is 3.37. The van der Waals surface area contributed by atoms with E-state index in [2.05, 4.69) is 10.4 Å². The van der Waals surface area contributed by atoms with Crippen LogP contribution in [0, 0.1) is 19.8 Å². The molecular formula is C17H27N3O3. The molecule has 0 radical (unpaired) electrons. The quantitative estimate of drug-likeness (QED) is 0.682. The van der Waals surface area contributed by atoms with Gasteiger partial charge < -0.3 is 10.1 Å². The van der Waals surface area contributed by atoms with E-state index in [-0.39, 0.29) is 23.8 Å². The van der Waals surface area contributed by atoms with Gasteiger partial charge >= 0.3 is 5.97 Å². The lowest BCUT2D eigenvalue weighted by Gasteiger charge is -2.26. The smallest absolute Gasteiger partial charge is 0.310 e. The maximum atomic E-state index is 12.6. The first kappa shape index (κ1) is 17.5. The molecule has 1 saturated carbocycles. The van der Waals surface area contributed by atoms with Gasteiger partial charge in [0, 0.05) is 11.7 Å². The fourth-order valence-corrected chi connectivity index (χ4v) is 3.37. The highest BCUT2D eigenvalue weighted by Gasteiger charge is 2.32. The number of nitrogens with zero attached hydrogens (tertiary/aromatic N) is 2. The van der Waals surface area contributed by atoms with Gasteiger partial charge in [-0.05, 0) is 39.7 Å². The van der Waals surface area contributed by atoms with E-state index in [0.717, 1.165) is 43.5 Å². The molecule has 0 aromatic carbocycles. The number of esters is 1. The molecule has 6 heteroatoms. The van der Waals surface area contributed by atoms with Gasteiger partial charge in [-0.25, -0.2) is 0 Å². The zero-order chi connectivity index (χ0) is 17.0. The summed E-state index contributed by atoms with van der Waals surface area (Å²) < 4.78 is 6.65. The Labute approximate surface area is 137 Å². The zero-order valence-electron chi connectivity index (χ0n) is 14.5. The lowest BCUT2D eigenvalue weighted by molar-refractivity contribution is -0.147. The van der Waals surface area contributed by atoms with E-state index in [1.54, 1.807) is 4.68 Å². The van der Waals surface area contributed by atoms with Crippen molar-refractivity contribution in [3.05, 3.63) is 17.5 Å². The number of aromatic nitrogens is 2. The second-order valence-corrected chi connectivity index (χ2v) is 6.43. The SMILES string of the molecule is COC(=O)[C@@H]1CCCCC[C@@H]1NC(=O)[C@H](C)n1nc(C)cc1C. The van der Waals surface area contributed by atoms with Gasteiger partial charge in [0.05, 0.1) is 18.7 Å². The second-order valence-electron chi connectivity index (χ2n) is 6.43. The largest absolute Gasteiger partial charge is 0.469 e. The van der Waals surface area contributed by atoms with Gasteiger partial charge in [-0.1, -0.05) is 19.3 Å². The van der Waals surface area contributed by atoms with Gasteiger partial charge in [0.15, 0.2) is 0 Å². The molecule has 128 valence electrons. The van der Waals surface area contributed by atoms with Gasteiger partial charge in [0.25, 0.3) is 0 Å². The van der Waals surface area contributed by atoms with Crippen LogP contribution in [0.4, 0.5) is 0 Å². The number of amides is 1. The molecule has 1 fully saturated rings. The molecule has 23 heavy (non-hydrogen) atoms. The summed E-state index contributed by atoms with van der Waals surface area (Å²) in [7, 11) is 1.41. The molecule has 0 aliphatic heterocycles. The van der Waals surface area contributed by atoms with E-state index in [0.29, 0.717) is 0 Å². The topological polar surface area (TPSA) is 73.2 Å². The summed E-state index contributed by atoms with van der Waals surface area (Å²) in [5.74, 6) is -0.577. The van der Waals surface area contributed by atoms with Crippen LogP contribution in [0.3, 0.4) is 0 Å². The molecule has 1 aromatic rings. The van der Waals surface area contributed by atoms with Crippen molar-refractivity contribution in [1.29, 1.82) is 0 Å². The number of hydrogen-bond donors (Lipinski definition) is 1. The standard InChI is InChI=1S/C17H27N3O3/c1-11-10-12(2)20(19-11)13(3)16(21)18-15-9-7-5-6-8-14(15)17(22)23-4/h10,13-15H,5-9H2,1-4H3,(H,18,21)/t13-,14+,15-/m0/s1. The van der Waals surface area contributed by atoms with Crippen LogP contribution >= 0.6 is 0 Å². The van der Waals surface area contributed by atoms with Crippen LogP contribution in [0.1, 0.15) is 56.5 Å². The van der Waals surface area contributed by atoms with Crippen LogP contribution in [0.5, 0.6) is 0 Å². The number of carbonyl (C=O) groups is 2. The molecule has 3 atom stereocenters. The number of methoxy groups -OCH3 is 1. The van der Waals surface area contributed by atoms with Gasteiger partial charge in [-0.3, -0.25) is 14.3 Å². The van der Waals surface area contributed by atoms with Crippen LogP contribution in [0.2, 0.25) is 0 Å². The molecule has 0 saturated heterocycles. The Hall–Kier alpha value is -1.85. The van der Waals surface area contributed by atoms with Gasteiger partial charge in [0.1, 0.15) is 6.04 Å². The highest BCUT2D eigenvalue weighted by atomic mass is 16.5. The molecule has 1 amide bonds. The summed E-state index contributed by atoms with van der Waals surface area (Å²) in [5.41, 5.74) is 1.85. The molecule has 0 bridgehead atoms. The summed E-state index contributed by atoms with van der Waals surface area (Å²) >= 11 is 0. The van der Waals surface area contributed by atoms with Crippen LogP contribution in [-0.2, 0) is 14.3 Å². The summed E-state index contributed by atoms with van der Waals surface area (Å²) in [5, 5.41) is 7.44. The Kier molecular flexibility index (Phi) is 5.80. The fraction of sp³-hybridized carbons (Fsp3) is 0.706. The minimum absolute atomic E-state index is 0.1000. The van der Waals surface area contributed by atoms with Crippen LogP contribution in [0.25, 0.3) is 0 Å². The predicted octanol–water partition coefficient (Wildman–Crippen LogP) is 2.30. The Morgan fingerprint density at radius 2 is 2.00 bits per heavy atom. The number of rotatable bonds is 4. The summed E-state index contributed by atoms with van der Waals surface area (Å²) in [4.78, 5) is 24.6. The monoisotopic (exact) mass is 321 g/mol.